The van der Waals surface area contributed by atoms with Gasteiger partial charge < -0.3 is 31.3 Å². The molecule has 0 radical (unpaired) electrons. The van der Waals surface area contributed by atoms with Crippen LogP contribution in [-0.2, 0) is 9.53 Å². The van der Waals surface area contributed by atoms with E-state index in [0.29, 0.717) is 85.4 Å². The van der Waals surface area contributed by atoms with E-state index in [9.17, 15) is 20.2 Å². The highest BCUT2D eigenvalue weighted by Crippen LogP contribution is 2.51. The van der Waals surface area contributed by atoms with Gasteiger partial charge in [-0.15, -0.1) is 0 Å². The van der Waals surface area contributed by atoms with E-state index in [2.05, 4.69) is 170 Å². The first-order valence-corrected chi connectivity index (χ1v) is 38.9. The number of nitrogens with one attached hydrogen (secondary N) is 10. The molecule has 10 N–H and O–H groups in total. The van der Waals surface area contributed by atoms with Crippen molar-refractivity contribution in [3.05, 3.63) is 338 Å². The van der Waals surface area contributed by atoms with Crippen LogP contribution in [0.4, 0.5) is 34.8 Å². The summed E-state index contributed by atoms with van der Waals surface area (Å²) < 4.78 is 11.6. The van der Waals surface area contributed by atoms with Gasteiger partial charge in [0.1, 0.15) is 46.2 Å². The minimum atomic E-state index is -0.499. The quantitative estimate of drug-likeness (QED) is 0.0209. The smallest absolute Gasteiger partial charge is 0.306 e. The van der Waals surface area contributed by atoms with E-state index in [4.69, 9.17) is 65.4 Å². The number of fused-ring (bicyclic) bond motifs is 6. The lowest BCUT2D eigenvalue weighted by Gasteiger charge is -2.28. The van der Waals surface area contributed by atoms with Gasteiger partial charge in [-0.3, -0.25) is 40.4 Å². The third-order valence-electron chi connectivity index (χ3n) is 19.8. The molecule has 33 heteroatoms. The fourth-order valence-electron chi connectivity index (χ4n) is 14.5. The van der Waals surface area contributed by atoms with Gasteiger partial charge in [0.05, 0.1) is 121 Å². The Morgan fingerprint density at radius 2 is 0.905 bits per heavy atom. The van der Waals surface area contributed by atoms with Crippen LogP contribution < -0.4 is 26.6 Å². The molecule has 29 nitrogen and oxygen atoms in total. The minimum absolute atomic E-state index is 0.0100. The van der Waals surface area contributed by atoms with Crippen molar-refractivity contribution in [2.24, 2.45) is 23.7 Å². The number of anilines is 5. The van der Waals surface area contributed by atoms with Crippen molar-refractivity contribution in [2.75, 3.05) is 33.2 Å². The lowest BCUT2D eigenvalue weighted by Crippen LogP contribution is -2.20. The highest BCUT2D eigenvalue weighted by atomic mass is 79.9. The zero-order valence-electron chi connectivity index (χ0n) is 63.8. The fraction of sp³-hybridized carbons (Fsp3) is 0.253. The first kappa shape index (κ1) is 82.1. The van der Waals surface area contributed by atoms with Gasteiger partial charge in [-0.2, -0.15) is 30.8 Å². The monoisotopic (exact) mass is 1710 g/mol. The van der Waals surface area contributed by atoms with E-state index < -0.39 is 10.8 Å². The normalized spacial score (nSPS) is 16.7. The van der Waals surface area contributed by atoms with Crippen LogP contribution in [0.2, 0.25) is 10.0 Å². The summed E-state index contributed by atoms with van der Waals surface area (Å²) in [5, 5.41) is 81.0. The number of nitro benzene ring substituents is 1. The lowest BCUT2D eigenvalue weighted by molar-refractivity contribution is -0.385. The second-order valence-corrected chi connectivity index (χ2v) is 30.5. The van der Waals surface area contributed by atoms with Gasteiger partial charge in [0.15, 0.2) is 28.5 Å². The molecule has 0 amide bonds. The predicted molar refractivity (Wildman–Crippen MR) is 448 cm³/mol. The van der Waals surface area contributed by atoms with E-state index in [0.717, 1.165) is 105 Å². The number of hydrogen-bond acceptors (Lipinski definition) is 18. The van der Waals surface area contributed by atoms with E-state index in [-0.39, 0.29) is 65.4 Å². The third kappa shape index (κ3) is 16.4. The molecule has 584 valence electrons. The van der Waals surface area contributed by atoms with Crippen LogP contribution in [0, 0.1) is 78.0 Å². The Morgan fingerprint density at radius 1 is 0.517 bits per heavy atom. The Morgan fingerprint density at radius 3 is 1.35 bits per heavy atom. The number of nitro groups is 1. The number of allylic oxidation sites excluding steroid dienone is 10. The standard InChI is InChI=1S/C18H16N6O3.C17H14BrN5.C16H15BrN4.C16H14Cl2N4.C16H15N5O2/c1-3-26-14(25)8-7-12-17(19-2)15(11-9-20-22-18(11)21-12)10-5-4-6-13-16(10)24-27-23-13;1-9(2)15-16(20-3)13(12-8-21-23-17(12)22-15)11-6-4-5-10(7-19)14(11)18;1-9(2)14-15(18-3)13(10-6-4-5-7-12(10)17)11-8-19-21-16(11)20-14;1-8(2)14-15(19-3)12(10-7-20-22-16(10)21-14)9-5-4-6-11(17)13(9)18;1-9(2)14-15(17-3)13(11-8-18-20-16(11)19-14)10-6-4-5-7-12(10)21(22)23/h4-6,9,15H,3,7-8H2,1H3,(H2,20,21,22);4-6,8-9,13H,1-2H3,(H2,21,22,23);4-9,13H,1-2H3,(H2,19,20,21);4-8,12H,1-2H3,(H2,20,21,22);4-9,13H,1-2H3,(H2,18,19,20). The molecule has 0 saturated carbocycles. The number of para-hydroxylation sites is 1. The van der Waals surface area contributed by atoms with Gasteiger partial charge in [-0.05, 0) is 110 Å². The average molecular weight is 1720 g/mol. The molecule has 5 aliphatic heterocycles. The van der Waals surface area contributed by atoms with Crippen molar-refractivity contribution in [1.29, 1.82) is 5.26 Å². The van der Waals surface area contributed by atoms with Crippen molar-refractivity contribution in [3.63, 3.8) is 0 Å². The molecular formula is C83H74Br2Cl2N24O5. The number of nitriles is 1. The molecule has 5 unspecified atom stereocenters. The predicted octanol–water partition coefficient (Wildman–Crippen LogP) is 20.6. The van der Waals surface area contributed by atoms with Crippen molar-refractivity contribution >= 4 is 107 Å². The number of aromatic amines is 5. The maximum atomic E-state index is 11.8. The van der Waals surface area contributed by atoms with E-state index in [1.54, 1.807) is 74.3 Å². The maximum Gasteiger partial charge on any atom is 0.306 e. The molecule has 5 aromatic carbocycles. The van der Waals surface area contributed by atoms with E-state index in [1.807, 2.05) is 96.1 Å². The molecule has 5 aliphatic rings. The topological polar surface area (TPSA) is 357 Å². The summed E-state index contributed by atoms with van der Waals surface area (Å²) in [5.41, 5.74) is 17.4. The van der Waals surface area contributed by atoms with Gasteiger partial charge in [0.25, 0.3) is 5.69 Å². The Balaban J connectivity index is 0.000000134. The summed E-state index contributed by atoms with van der Waals surface area (Å²) in [6, 6.07) is 33.4. The number of hydrogen-bond donors (Lipinski definition) is 10. The molecule has 116 heavy (non-hydrogen) atoms. The zero-order chi connectivity index (χ0) is 82.8. The van der Waals surface area contributed by atoms with Crippen LogP contribution in [0.5, 0.6) is 0 Å². The van der Waals surface area contributed by atoms with Crippen molar-refractivity contribution in [1.82, 2.24) is 61.3 Å². The molecular weight excluding hydrogens is 1640 g/mol. The van der Waals surface area contributed by atoms with Gasteiger partial charge in [0, 0.05) is 83.3 Å². The highest BCUT2D eigenvalue weighted by molar-refractivity contribution is 9.10. The summed E-state index contributed by atoms with van der Waals surface area (Å²) in [6.45, 7) is 56.7. The summed E-state index contributed by atoms with van der Waals surface area (Å²) in [4.78, 5) is 41.6. The number of nitrogens with zero attached hydrogens (tertiary/aromatic N) is 14. The number of carbonyl (C=O) groups excluding carboxylic acids is 1. The minimum Gasteiger partial charge on any atom is -0.466 e. The number of H-pyrrole nitrogens is 5. The maximum absolute atomic E-state index is 11.8. The molecule has 6 aromatic heterocycles. The van der Waals surface area contributed by atoms with Crippen LogP contribution in [0.3, 0.4) is 0 Å². The first-order chi connectivity index (χ1) is 56.0. The number of esters is 1. The summed E-state index contributed by atoms with van der Waals surface area (Å²) >= 11 is 19.7. The summed E-state index contributed by atoms with van der Waals surface area (Å²) in [5.74, 6) is 2.77. The van der Waals surface area contributed by atoms with Crippen LogP contribution >= 0.6 is 55.1 Å². The molecule has 0 saturated heterocycles. The molecule has 0 fully saturated rings. The second-order valence-electron chi connectivity index (χ2n) is 28.1. The molecule has 16 rings (SSSR count). The molecule has 5 atom stereocenters. The van der Waals surface area contributed by atoms with Gasteiger partial charge in [-0.25, -0.2) is 28.9 Å². The van der Waals surface area contributed by atoms with Gasteiger partial charge in [-0.1, -0.05) is 167 Å². The Kier molecular flexibility index (Phi) is 25.6. The third-order valence-corrected chi connectivity index (χ3v) is 22.3. The first-order valence-electron chi connectivity index (χ1n) is 36.6. The van der Waals surface area contributed by atoms with Crippen LogP contribution in [0.25, 0.3) is 35.3 Å². The average Bonchev–Trinajstić information content (AvgIpc) is 1.33. The fourth-order valence-corrected chi connectivity index (χ4v) is 16.0. The molecule has 0 aliphatic carbocycles. The number of ether oxygens (including phenoxy) is 1. The van der Waals surface area contributed by atoms with Crippen molar-refractivity contribution in [2.45, 2.75) is 105 Å². The Hall–Kier alpha value is -13.4. The zero-order valence-corrected chi connectivity index (χ0v) is 68.5. The van der Waals surface area contributed by atoms with E-state index in [1.165, 1.54) is 6.07 Å². The van der Waals surface area contributed by atoms with Crippen LogP contribution in [-0.4, -0.2) is 78.8 Å². The van der Waals surface area contributed by atoms with Crippen molar-refractivity contribution < 1.29 is 19.1 Å². The van der Waals surface area contributed by atoms with Crippen molar-refractivity contribution in [3.8, 4) is 6.07 Å². The SMILES string of the molecule is [C-]#[N+]C1=C(C(C)C)Nc2[nH]ncc2C1c1cccc(C#N)c1Br.[C-]#[N+]C1=C(C(C)C)Nc2[nH]ncc2C1c1cccc(Cl)c1Cl.[C-]#[N+]C1=C(C(C)C)Nc2[nH]ncc2C1c1ccccc1Br.[C-]#[N+]C1=C(C(C)C)Nc2[nH]ncc2C1c1ccccc1[N+](=O)[O-].[C-]#[N+]C1=C(CCC(=O)OCC)Nc2[nH]ncc2C1c1cccc2nonc12. The number of carbonyl (C=O) groups is 1. The molecule has 11 aromatic rings. The Labute approximate surface area is 694 Å². The Bertz CT molecular complexity index is 6050. The highest BCUT2D eigenvalue weighted by Gasteiger charge is 2.40. The van der Waals surface area contributed by atoms with Gasteiger partial charge >= 0.3 is 5.97 Å². The van der Waals surface area contributed by atoms with Crippen LogP contribution in [0.15, 0.2) is 205 Å². The lowest BCUT2D eigenvalue weighted by atomic mass is 9.84. The van der Waals surface area contributed by atoms with Gasteiger partial charge in [0.2, 0.25) is 0 Å². The van der Waals surface area contributed by atoms with E-state index >= 15 is 0 Å². The number of halogens is 4. The summed E-state index contributed by atoms with van der Waals surface area (Å²) in [7, 11) is 0. The number of aromatic nitrogens is 12. The molecule has 0 bridgehead atoms. The largest absolute Gasteiger partial charge is 0.466 e. The second kappa shape index (κ2) is 36.2. The molecule has 0 spiro atoms. The number of benzene rings is 5. The summed E-state index contributed by atoms with van der Waals surface area (Å²) in [6.07, 6.45) is 9.11. The molecule has 11 heterocycles. The van der Waals surface area contributed by atoms with Crippen LogP contribution in [0.1, 0.15) is 166 Å². The number of rotatable bonds is 14.